The van der Waals surface area contributed by atoms with Gasteiger partial charge in [-0.1, -0.05) is 23.2 Å². The van der Waals surface area contributed by atoms with Crippen molar-refractivity contribution in [1.82, 2.24) is 4.98 Å². The highest BCUT2D eigenvalue weighted by atomic mass is 35.5. The fourth-order valence-corrected chi connectivity index (χ4v) is 2.48. The van der Waals surface area contributed by atoms with E-state index in [9.17, 15) is 0 Å². The quantitative estimate of drug-likeness (QED) is 0.646. The number of halogens is 2. The van der Waals surface area contributed by atoms with Crippen LogP contribution in [0.25, 0.3) is 0 Å². The summed E-state index contributed by atoms with van der Waals surface area (Å²) in [4.78, 5) is 6.47. The van der Waals surface area contributed by atoms with E-state index in [2.05, 4.69) is 22.2 Å². The fourth-order valence-electron chi connectivity index (χ4n) is 1.96. The van der Waals surface area contributed by atoms with Crippen LogP contribution in [0.4, 0.5) is 11.6 Å². The Kier molecular flexibility index (Phi) is 4.17. The number of nitrogens with zero attached hydrogens (tertiary/aromatic N) is 2. The largest absolute Gasteiger partial charge is 0.375 e. The second kappa shape index (κ2) is 5.48. The van der Waals surface area contributed by atoms with Gasteiger partial charge in [0.2, 0.25) is 0 Å². The average molecular weight is 291 g/mol. The summed E-state index contributed by atoms with van der Waals surface area (Å²) in [5.41, 5.74) is 2.47. The van der Waals surface area contributed by atoms with Crippen LogP contribution in [0.2, 0.25) is 10.0 Å². The van der Waals surface area contributed by atoms with Gasteiger partial charge < -0.3 is 15.1 Å². The van der Waals surface area contributed by atoms with E-state index >= 15 is 0 Å². The molecule has 1 aromatic rings. The normalized spacial score (nSPS) is 24.2. The smallest absolute Gasteiger partial charge is 0.161 e. The zero-order valence-corrected chi connectivity index (χ0v) is 11.8. The van der Waals surface area contributed by atoms with E-state index in [0.29, 0.717) is 28.3 Å². The van der Waals surface area contributed by atoms with Crippen LogP contribution >= 0.6 is 23.2 Å². The number of pyridine rings is 1. The predicted octanol–water partition coefficient (Wildman–Crippen LogP) is 2.29. The highest BCUT2D eigenvalue weighted by Crippen LogP contribution is 2.33. The molecule has 0 spiro atoms. The number of hydrogen-bond acceptors (Lipinski definition) is 5. The molecule has 0 aromatic carbocycles. The van der Waals surface area contributed by atoms with Crippen LogP contribution in [0.3, 0.4) is 0 Å². The lowest BCUT2D eigenvalue weighted by atomic mass is 10.2. The number of nitrogens with one attached hydrogen (secondary N) is 1. The minimum Gasteiger partial charge on any atom is -0.375 e. The van der Waals surface area contributed by atoms with Gasteiger partial charge in [0.1, 0.15) is 5.82 Å². The first-order chi connectivity index (χ1) is 8.52. The Morgan fingerprint density at radius 3 is 2.83 bits per heavy atom. The molecule has 18 heavy (non-hydrogen) atoms. The van der Waals surface area contributed by atoms with E-state index < -0.39 is 0 Å². The monoisotopic (exact) mass is 290 g/mol. The van der Waals surface area contributed by atoms with Crippen molar-refractivity contribution in [3.63, 3.8) is 0 Å². The number of anilines is 2. The Morgan fingerprint density at radius 1 is 1.44 bits per heavy atom. The van der Waals surface area contributed by atoms with Gasteiger partial charge in [-0.15, -0.1) is 0 Å². The molecule has 1 aromatic heterocycles. The van der Waals surface area contributed by atoms with Gasteiger partial charge in [-0.05, 0) is 19.9 Å². The Bertz CT molecular complexity index is 443. The van der Waals surface area contributed by atoms with E-state index in [1.54, 1.807) is 6.07 Å². The van der Waals surface area contributed by atoms with Crippen molar-refractivity contribution < 1.29 is 4.74 Å². The molecule has 0 saturated carbocycles. The summed E-state index contributed by atoms with van der Waals surface area (Å²) < 4.78 is 5.58. The minimum atomic E-state index is 0.143. The minimum absolute atomic E-state index is 0.143. The molecular formula is C11H16Cl2N4O. The maximum atomic E-state index is 6.21. The van der Waals surface area contributed by atoms with Crippen molar-refractivity contribution in [3.05, 3.63) is 16.1 Å². The van der Waals surface area contributed by atoms with E-state index in [-0.39, 0.29) is 12.1 Å². The van der Waals surface area contributed by atoms with Crippen LogP contribution < -0.4 is 16.2 Å². The first kappa shape index (κ1) is 13.7. The standard InChI is InChI=1S/C11H16Cl2N4O/c1-6-5-18-7(2)4-17(6)11-9(13)3-8(12)10(15-11)16-14/h3,6-7H,4-5,14H2,1-2H3,(H,15,16). The molecule has 1 aliphatic rings. The van der Waals surface area contributed by atoms with Crippen LogP contribution in [-0.4, -0.2) is 30.3 Å². The number of hydrazine groups is 1. The lowest BCUT2D eigenvalue weighted by Gasteiger charge is -2.38. The molecule has 3 N–H and O–H groups in total. The maximum absolute atomic E-state index is 6.21. The van der Waals surface area contributed by atoms with E-state index in [1.165, 1.54) is 0 Å². The summed E-state index contributed by atoms with van der Waals surface area (Å²) in [6, 6.07) is 1.85. The van der Waals surface area contributed by atoms with Crippen LogP contribution in [0.5, 0.6) is 0 Å². The van der Waals surface area contributed by atoms with E-state index in [0.717, 1.165) is 6.54 Å². The highest BCUT2D eigenvalue weighted by Gasteiger charge is 2.26. The van der Waals surface area contributed by atoms with Gasteiger partial charge in [0, 0.05) is 6.54 Å². The topological polar surface area (TPSA) is 63.4 Å². The van der Waals surface area contributed by atoms with Crippen LogP contribution in [0.1, 0.15) is 13.8 Å². The number of hydrogen-bond donors (Lipinski definition) is 2. The van der Waals surface area contributed by atoms with Crippen molar-refractivity contribution in [1.29, 1.82) is 0 Å². The zero-order valence-electron chi connectivity index (χ0n) is 10.3. The molecule has 7 heteroatoms. The summed E-state index contributed by atoms with van der Waals surface area (Å²) >= 11 is 12.2. The number of nitrogen functional groups attached to an aromatic ring is 1. The molecule has 0 bridgehead atoms. The molecule has 2 heterocycles. The van der Waals surface area contributed by atoms with Gasteiger partial charge in [-0.2, -0.15) is 0 Å². The molecule has 2 rings (SSSR count). The number of aromatic nitrogens is 1. The second-order valence-corrected chi connectivity index (χ2v) is 5.23. The zero-order chi connectivity index (χ0) is 13.3. The molecule has 100 valence electrons. The highest BCUT2D eigenvalue weighted by molar-refractivity contribution is 6.37. The summed E-state index contributed by atoms with van der Waals surface area (Å²) in [6.45, 7) is 5.46. The van der Waals surface area contributed by atoms with Gasteiger partial charge in [-0.3, -0.25) is 0 Å². The second-order valence-electron chi connectivity index (χ2n) is 4.41. The van der Waals surface area contributed by atoms with Crippen molar-refractivity contribution in [2.45, 2.75) is 26.0 Å². The molecule has 5 nitrogen and oxygen atoms in total. The van der Waals surface area contributed by atoms with Gasteiger partial charge in [0.05, 0.1) is 28.8 Å². The maximum Gasteiger partial charge on any atom is 0.161 e. The predicted molar refractivity (Wildman–Crippen MR) is 74.3 cm³/mol. The Balaban J connectivity index is 2.36. The Hall–Kier alpha value is -0.750. The van der Waals surface area contributed by atoms with E-state index in [1.807, 2.05) is 6.92 Å². The third-order valence-corrected chi connectivity index (χ3v) is 3.49. The van der Waals surface area contributed by atoms with Crippen molar-refractivity contribution >= 4 is 34.8 Å². The van der Waals surface area contributed by atoms with E-state index in [4.69, 9.17) is 33.8 Å². The molecule has 1 fully saturated rings. The third-order valence-electron chi connectivity index (χ3n) is 2.93. The fraction of sp³-hybridized carbons (Fsp3) is 0.545. The summed E-state index contributed by atoms with van der Waals surface area (Å²) in [7, 11) is 0. The molecule has 0 aliphatic carbocycles. The van der Waals surface area contributed by atoms with Crippen molar-refractivity contribution in [3.8, 4) is 0 Å². The van der Waals surface area contributed by atoms with Gasteiger partial charge in [0.25, 0.3) is 0 Å². The first-order valence-electron chi connectivity index (χ1n) is 5.73. The van der Waals surface area contributed by atoms with Crippen molar-refractivity contribution in [2.75, 3.05) is 23.5 Å². The lowest BCUT2D eigenvalue weighted by Crippen LogP contribution is -2.48. The number of nitrogens with two attached hydrogens (primary N) is 1. The van der Waals surface area contributed by atoms with Gasteiger partial charge >= 0.3 is 0 Å². The summed E-state index contributed by atoms with van der Waals surface area (Å²) in [5, 5.41) is 0.917. The van der Waals surface area contributed by atoms with Gasteiger partial charge in [0.15, 0.2) is 5.82 Å². The first-order valence-corrected chi connectivity index (χ1v) is 6.49. The molecule has 0 radical (unpaired) electrons. The molecular weight excluding hydrogens is 275 g/mol. The third kappa shape index (κ3) is 2.64. The van der Waals surface area contributed by atoms with Crippen molar-refractivity contribution in [2.24, 2.45) is 5.84 Å². The lowest BCUT2D eigenvalue weighted by molar-refractivity contribution is 0.0340. The summed E-state index contributed by atoms with van der Waals surface area (Å²) in [6.07, 6.45) is 0.143. The van der Waals surface area contributed by atoms with Crippen LogP contribution in [-0.2, 0) is 4.74 Å². The molecule has 1 saturated heterocycles. The SMILES string of the molecule is CC1CN(c2nc(NN)c(Cl)cc2Cl)C(C)CO1. The molecule has 2 atom stereocenters. The van der Waals surface area contributed by atoms with Crippen LogP contribution in [0.15, 0.2) is 6.07 Å². The molecule has 0 amide bonds. The molecule has 1 aliphatic heterocycles. The number of morpholine rings is 1. The average Bonchev–Trinajstić information content (AvgIpc) is 2.33. The number of ether oxygens (including phenoxy) is 1. The Labute approximate surface area is 116 Å². The molecule has 2 unspecified atom stereocenters. The van der Waals surface area contributed by atoms with Gasteiger partial charge in [-0.25, -0.2) is 10.8 Å². The van der Waals surface area contributed by atoms with Crippen LogP contribution in [0, 0.1) is 0 Å². The Morgan fingerprint density at radius 2 is 2.17 bits per heavy atom. The number of rotatable bonds is 2. The summed E-state index contributed by atoms with van der Waals surface area (Å²) in [5.74, 6) is 6.47.